The summed E-state index contributed by atoms with van der Waals surface area (Å²) in [5.74, 6) is -0.130. The monoisotopic (exact) mass is 374 g/mol. The summed E-state index contributed by atoms with van der Waals surface area (Å²) >= 11 is 0. The van der Waals surface area contributed by atoms with Gasteiger partial charge in [-0.2, -0.15) is 0 Å². The van der Waals surface area contributed by atoms with Crippen LogP contribution in [-0.4, -0.2) is 26.6 Å². The topological polar surface area (TPSA) is 66.5 Å². The highest BCUT2D eigenvalue weighted by molar-refractivity contribution is 7.92. The number of carbonyl (C=O) groups excluding carboxylic acids is 1. The molecule has 0 aliphatic rings. The Morgan fingerprint density at radius 1 is 1.04 bits per heavy atom. The summed E-state index contributed by atoms with van der Waals surface area (Å²) < 4.78 is 25.9. The van der Waals surface area contributed by atoms with Crippen molar-refractivity contribution in [3.63, 3.8) is 0 Å². The van der Waals surface area contributed by atoms with Crippen LogP contribution in [0.4, 0.5) is 11.4 Å². The van der Waals surface area contributed by atoms with Crippen LogP contribution in [0.5, 0.6) is 0 Å². The molecule has 6 heteroatoms. The van der Waals surface area contributed by atoms with Crippen molar-refractivity contribution in [3.8, 4) is 0 Å². The lowest BCUT2D eigenvalue weighted by Gasteiger charge is -2.29. The average Bonchev–Trinajstić information content (AvgIpc) is 2.54. The van der Waals surface area contributed by atoms with E-state index in [0.29, 0.717) is 11.4 Å². The van der Waals surface area contributed by atoms with E-state index in [-0.39, 0.29) is 11.8 Å². The van der Waals surface area contributed by atoms with Crippen molar-refractivity contribution in [1.82, 2.24) is 0 Å². The van der Waals surface area contributed by atoms with Gasteiger partial charge in [-0.15, -0.1) is 0 Å². The van der Waals surface area contributed by atoms with E-state index in [9.17, 15) is 13.2 Å². The van der Waals surface area contributed by atoms with Crippen molar-refractivity contribution >= 4 is 27.3 Å². The van der Waals surface area contributed by atoms with Gasteiger partial charge in [0.2, 0.25) is 15.9 Å². The van der Waals surface area contributed by atoms with Gasteiger partial charge in [-0.1, -0.05) is 44.2 Å². The summed E-state index contributed by atoms with van der Waals surface area (Å²) in [6.07, 6.45) is 1.11. The molecule has 0 saturated carbocycles. The molecular weight excluding hydrogens is 348 g/mol. The minimum absolute atomic E-state index is 0.240. The van der Waals surface area contributed by atoms with Gasteiger partial charge in [0.15, 0.2) is 0 Å². The van der Waals surface area contributed by atoms with Gasteiger partial charge < -0.3 is 5.32 Å². The molecule has 2 rings (SSSR count). The van der Waals surface area contributed by atoms with E-state index in [1.54, 1.807) is 25.1 Å². The van der Waals surface area contributed by atoms with E-state index in [1.807, 2.05) is 51.1 Å². The Balaban J connectivity index is 2.35. The van der Waals surface area contributed by atoms with Gasteiger partial charge in [0.1, 0.15) is 6.04 Å². The molecule has 0 saturated heterocycles. The fourth-order valence-electron chi connectivity index (χ4n) is 2.93. The smallest absolute Gasteiger partial charge is 0.248 e. The van der Waals surface area contributed by atoms with Gasteiger partial charge in [0.05, 0.1) is 11.9 Å². The van der Waals surface area contributed by atoms with E-state index in [4.69, 9.17) is 0 Å². The summed E-state index contributed by atoms with van der Waals surface area (Å²) in [6.45, 7) is 7.57. The average molecular weight is 375 g/mol. The number of rotatable bonds is 6. The Labute approximate surface area is 156 Å². The van der Waals surface area contributed by atoms with E-state index >= 15 is 0 Å². The molecule has 0 fully saturated rings. The lowest BCUT2D eigenvalue weighted by molar-refractivity contribution is -0.116. The minimum atomic E-state index is -3.63. The molecule has 0 aromatic heterocycles. The molecule has 1 N–H and O–H groups in total. The number of aryl methyl sites for hydroxylation is 1. The lowest BCUT2D eigenvalue weighted by Crippen LogP contribution is -2.45. The molecule has 0 heterocycles. The Morgan fingerprint density at radius 2 is 1.69 bits per heavy atom. The van der Waals surface area contributed by atoms with Crippen molar-refractivity contribution in [1.29, 1.82) is 0 Å². The van der Waals surface area contributed by atoms with E-state index in [2.05, 4.69) is 5.32 Å². The molecule has 1 unspecified atom stereocenters. The number of nitrogens with one attached hydrogen (secondary N) is 1. The molecule has 5 nitrogen and oxygen atoms in total. The molecule has 0 spiro atoms. The predicted molar refractivity (Wildman–Crippen MR) is 107 cm³/mol. The highest BCUT2D eigenvalue weighted by Gasteiger charge is 2.29. The first-order chi connectivity index (χ1) is 12.1. The van der Waals surface area contributed by atoms with Crippen molar-refractivity contribution in [2.45, 2.75) is 39.7 Å². The predicted octanol–water partition coefficient (Wildman–Crippen LogP) is 3.91. The number of hydrogen-bond donors (Lipinski definition) is 1. The van der Waals surface area contributed by atoms with E-state index in [1.165, 1.54) is 0 Å². The Morgan fingerprint density at radius 3 is 2.27 bits per heavy atom. The lowest BCUT2D eigenvalue weighted by atomic mass is 10.0. The van der Waals surface area contributed by atoms with Crippen molar-refractivity contribution in [2.75, 3.05) is 15.9 Å². The third kappa shape index (κ3) is 4.64. The number of para-hydroxylation sites is 1. The van der Waals surface area contributed by atoms with Crippen molar-refractivity contribution < 1.29 is 13.2 Å². The molecule has 2 aromatic carbocycles. The first kappa shape index (κ1) is 20.0. The van der Waals surface area contributed by atoms with Gasteiger partial charge in [0.25, 0.3) is 0 Å². The molecule has 1 amide bonds. The largest absolute Gasteiger partial charge is 0.324 e. The van der Waals surface area contributed by atoms with Crippen LogP contribution in [0.3, 0.4) is 0 Å². The molecule has 1 atom stereocenters. The standard InChI is InChI=1S/C20H26N2O3S/c1-14(2)18-11-6-7-12-19(18)21-20(23)16(4)22(26(5,24)25)17-10-8-9-15(3)13-17/h6-14,16H,1-5H3,(H,21,23). The van der Waals surface area contributed by atoms with Gasteiger partial charge in [-0.25, -0.2) is 8.42 Å². The zero-order valence-corrected chi connectivity index (χ0v) is 16.7. The Hall–Kier alpha value is -2.34. The second kappa shape index (κ2) is 7.91. The van der Waals surface area contributed by atoms with E-state index in [0.717, 1.165) is 21.7 Å². The number of carbonyl (C=O) groups is 1. The van der Waals surface area contributed by atoms with Crippen LogP contribution in [-0.2, 0) is 14.8 Å². The fourth-order valence-corrected chi connectivity index (χ4v) is 4.09. The van der Waals surface area contributed by atoms with Gasteiger partial charge in [-0.05, 0) is 49.1 Å². The quantitative estimate of drug-likeness (QED) is 0.833. The molecule has 2 aromatic rings. The molecule has 0 radical (unpaired) electrons. The summed E-state index contributed by atoms with van der Waals surface area (Å²) in [7, 11) is -3.63. The molecular formula is C20H26N2O3S. The minimum Gasteiger partial charge on any atom is -0.324 e. The second-order valence-corrected chi connectivity index (χ2v) is 8.66. The van der Waals surface area contributed by atoms with E-state index < -0.39 is 16.1 Å². The number of anilines is 2. The number of hydrogen-bond acceptors (Lipinski definition) is 3. The van der Waals surface area contributed by atoms with Crippen LogP contribution in [0, 0.1) is 6.92 Å². The maximum atomic E-state index is 12.8. The van der Waals surface area contributed by atoms with Gasteiger partial charge in [0, 0.05) is 5.69 Å². The maximum absolute atomic E-state index is 12.8. The Kier molecular flexibility index (Phi) is 6.08. The Bertz CT molecular complexity index is 891. The third-order valence-electron chi connectivity index (χ3n) is 4.19. The molecule has 0 aliphatic heterocycles. The normalized spacial score (nSPS) is 12.7. The first-order valence-electron chi connectivity index (χ1n) is 8.57. The van der Waals surface area contributed by atoms with Crippen LogP contribution in [0.25, 0.3) is 0 Å². The summed E-state index contributed by atoms with van der Waals surface area (Å²) in [5.41, 5.74) is 3.12. The zero-order valence-electron chi connectivity index (χ0n) is 15.9. The molecule has 26 heavy (non-hydrogen) atoms. The second-order valence-electron chi connectivity index (χ2n) is 6.80. The van der Waals surface area contributed by atoms with Crippen molar-refractivity contribution in [3.05, 3.63) is 59.7 Å². The highest BCUT2D eigenvalue weighted by Crippen LogP contribution is 2.26. The summed E-state index contributed by atoms with van der Waals surface area (Å²) in [4.78, 5) is 12.8. The number of benzene rings is 2. The number of amides is 1. The first-order valence-corrected chi connectivity index (χ1v) is 10.4. The molecule has 0 aliphatic carbocycles. The van der Waals surface area contributed by atoms with Crippen LogP contribution in [0.2, 0.25) is 0 Å². The highest BCUT2D eigenvalue weighted by atomic mass is 32.2. The number of sulfonamides is 1. The maximum Gasteiger partial charge on any atom is 0.248 e. The van der Waals surface area contributed by atoms with Crippen LogP contribution in [0.15, 0.2) is 48.5 Å². The van der Waals surface area contributed by atoms with Gasteiger partial charge >= 0.3 is 0 Å². The summed E-state index contributed by atoms with van der Waals surface area (Å²) in [5, 5.41) is 2.88. The zero-order chi connectivity index (χ0) is 19.5. The SMILES string of the molecule is Cc1cccc(N(C(C)C(=O)Nc2ccccc2C(C)C)S(C)(=O)=O)c1. The van der Waals surface area contributed by atoms with Crippen LogP contribution in [0.1, 0.15) is 37.8 Å². The van der Waals surface area contributed by atoms with Crippen LogP contribution < -0.4 is 9.62 Å². The fraction of sp³-hybridized carbons (Fsp3) is 0.350. The summed E-state index contributed by atoms with van der Waals surface area (Å²) in [6, 6.07) is 13.8. The molecule has 0 bridgehead atoms. The number of nitrogens with zero attached hydrogens (tertiary/aromatic N) is 1. The third-order valence-corrected chi connectivity index (χ3v) is 5.43. The van der Waals surface area contributed by atoms with Gasteiger partial charge in [-0.3, -0.25) is 9.10 Å². The van der Waals surface area contributed by atoms with Crippen molar-refractivity contribution in [2.24, 2.45) is 0 Å². The van der Waals surface area contributed by atoms with Crippen LogP contribution >= 0.6 is 0 Å². The molecule has 140 valence electrons.